The fraction of sp³-hybridized carbons (Fsp3) is 0.500. The molecule has 90 valence electrons. The van der Waals surface area contributed by atoms with E-state index < -0.39 is 6.10 Å². The lowest BCUT2D eigenvalue weighted by atomic mass is 10.1. The predicted molar refractivity (Wildman–Crippen MR) is 64.3 cm³/mol. The topological polar surface area (TPSA) is 29.5 Å². The third-order valence-corrected chi connectivity index (χ3v) is 3.34. The summed E-state index contributed by atoms with van der Waals surface area (Å²) in [6, 6.07) is 4.88. The molecule has 0 saturated heterocycles. The summed E-state index contributed by atoms with van der Waals surface area (Å²) in [5.74, 6) is 0.517. The molecule has 0 fully saturated rings. The van der Waals surface area contributed by atoms with Crippen LogP contribution in [-0.2, 0) is 4.74 Å². The van der Waals surface area contributed by atoms with E-state index in [0.29, 0.717) is 12.2 Å². The number of thioether (sulfide) groups is 1. The summed E-state index contributed by atoms with van der Waals surface area (Å²) in [4.78, 5) is 0.811. The molecule has 0 spiro atoms. The van der Waals surface area contributed by atoms with Gasteiger partial charge in [0.05, 0.1) is 6.10 Å². The minimum Gasteiger partial charge on any atom is -0.389 e. The lowest BCUT2D eigenvalue weighted by molar-refractivity contribution is 0.191. The van der Waals surface area contributed by atoms with Gasteiger partial charge in [-0.2, -0.15) is 0 Å². The third kappa shape index (κ3) is 3.77. The van der Waals surface area contributed by atoms with Gasteiger partial charge in [-0.05, 0) is 25.5 Å². The second kappa shape index (κ2) is 6.89. The molecule has 0 aromatic heterocycles. The van der Waals surface area contributed by atoms with Crippen LogP contribution in [0.1, 0.15) is 25.0 Å². The van der Waals surface area contributed by atoms with Gasteiger partial charge in [-0.15, -0.1) is 11.8 Å². The number of rotatable bonds is 6. The Kier molecular flexibility index (Phi) is 5.80. The molecule has 1 aromatic carbocycles. The van der Waals surface area contributed by atoms with Crippen molar-refractivity contribution in [1.29, 1.82) is 0 Å². The van der Waals surface area contributed by atoms with E-state index in [-0.39, 0.29) is 5.82 Å². The summed E-state index contributed by atoms with van der Waals surface area (Å²) in [5.41, 5.74) is 0.393. The number of aliphatic hydroxyl groups excluding tert-OH is 1. The normalized spacial score (nSPS) is 12.8. The van der Waals surface area contributed by atoms with Gasteiger partial charge in [0.15, 0.2) is 0 Å². The summed E-state index contributed by atoms with van der Waals surface area (Å²) in [5, 5.41) is 9.51. The highest BCUT2D eigenvalue weighted by atomic mass is 32.2. The molecule has 1 rings (SSSR count). The molecule has 4 heteroatoms. The van der Waals surface area contributed by atoms with E-state index >= 15 is 0 Å². The maximum Gasteiger partial charge on any atom is 0.130 e. The number of halogens is 1. The molecule has 16 heavy (non-hydrogen) atoms. The molecule has 0 aliphatic carbocycles. The maximum absolute atomic E-state index is 13.5. The fourth-order valence-electron chi connectivity index (χ4n) is 1.43. The summed E-state index contributed by atoms with van der Waals surface area (Å²) in [6.45, 7) is 2.28. The highest BCUT2D eigenvalue weighted by Crippen LogP contribution is 2.29. The lowest BCUT2D eigenvalue weighted by Gasteiger charge is -2.12. The van der Waals surface area contributed by atoms with E-state index in [9.17, 15) is 9.50 Å². The molecule has 0 bridgehead atoms. The van der Waals surface area contributed by atoms with Crippen molar-refractivity contribution < 1.29 is 14.2 Å². The van der Waals surface area contributed by atoms with Gasteiger partial charge < -0.3 is 9.84 Å². The quantitative estimate of drug-likeness (QED) is 0.616. The van der Waals surface area contributed by atoms with Crippen molar-refractivity contribution in [1.82, 2.24) is 0 Å². The molecule has 0 aliphatic rings. The Morgan fingerprint density at radius 2 is 2.25 bits per heavy atom. The van der Waals surface area contributed by atoms with Crippen molar-refractivity contribution in [3.05, 3.63) is 29.6 Å². The average molecular weight is 244 g/mol. The van der Waals surface area contributed by atoms with Crippen LogP contribution in [0.3, 0.4) is 0 Å². The van der Waals surface area contributed by atoms with Crippen LogP contribution in [0.4, 0.5) is 4.39 Å². The first-order valence-electron chi connectivity index (χ1n) is 5.25. The molecule has 0 aliphatic heterocycles. The summed E-state index contributed by atoms with van der Waals surface area (Å²) in [7, 11) is 1.66. The average Bonchev–Trinajstić information content (AvgIpc) is 2.24. The minimum absolute atomic E-state index is 0.341. The van der Waals surface area contributed by atoms with Crippen LogP contribution in [-0.4, -0.2) is 24.6 Å². The SMILES string of the molecule is COCCCSc1cccc(F)c1[C@@H](C)O. The zero-order valence-corrected chi connectivity index (χ0v) is 10.4. The summed E-state index contributed by atoms with van der Waals surface area (Å²) in [6.07, 6.45) is 0.142. The number of benzene rings is 1. The van der Waals surface area contributed by atoms with Crippen molar-refractivity contribution >= 4 is 11.8 Å². The highest BCUT2D eigenvalue weighted by Gasteiger charge is 2.13. The fourth-order valence-corrected chi connectivity index (χ4v) is 2.51. The highest BCUT2D eigenvalue weighted by molar-refractivity contribution is 7.99. The molecule has 1 atom stereocenters. The Hall–Kier alpha value is -0.580. The first-order valence-corrected chi connectivity index (χ1v) is 6.23. The molecular formula is C12H17FO2S. The van der Waals surface area contributed by atoms with Gasteiger partial charge >= 0.3 is 0 Å². The van der Waals surface area contributed by atoms with E-state index in [1.165, 1.54) is 6.07 Å². The van der Waals surface area contributed by atoms with Crippen LogP contribution in [0.5, 0.6) is 0 Å². The largest absolute Gasteiger partial charge is 0.389 e. The van der Waals surface area contributed by atoms with Crippen molar-refractivity contribution in [2.75, 3.05) is 19.5 Å². The van der Waals surface area contributed by atoms with Gasteiger partial charge in [0.1, 0.15) is 5.82 Å². The van der Waals surface area contributed by atoms with E-state index in [1.807, 2.05) is 6.07 Å². The van der Waals surface area contributed by atoms with Gasteiger partial charge in [0, 0.05) is 29.9 Å². The minimum atomic E-state index is -0.772. The Morgan fingerprint density at radius 1 is 1.50 bits per heavy atom. The number of hydrogen-bond donors (Lipinski definition) is 1. The van der Waals surface area contributed by atoms with Crippen molar-refractivity contribution in [3.8, 4) is 0 Å². The lowest BCUT2D eigenvalue weighted by Crippen LogP contribution is -1.99. The number of aliphatic hydroxyl groups is 1. The zero-order valence-electron chi connectivity index (χ0n) is 9.57. The van der Waals surface area contributed by atoms with Crippen molar-refractivity contribution in [3.63, 3.8) is 0 Å². The van der Waals surface area contributed by atoms with E-state index in [0.717, 1.165) is 17.1 Å². The zero-order chi connectivity index (χ0) is 12.0. The van der Waals surface area contributed by atoms with E-state index in [1.54, 1.807) is 31.9 Å². The molecule has 0 radical (unpaired) electrons. The first kappa shape index (κ1) is 13.5. The van der Waals surface area contributed by atoms with Crippen molar-refractivity contribution in [2.24, 2.45) is 0 Å². The van der Waals surface area contributed by atoms with Crippen LogP contribution in [0.25, 0.3) is 0 Å². The molecular weight excluding hydrogens is 227 g/mol. The van der Waals surface area contributed by atoms with E-state index in [2.05, 4.69) is 0 Å². The molecule has 0 unspecified atom stereocenters. The maximum atomic E-state index is 13.5. The second-order valence-corrected chi connectivity index (χ2v) is 4.66. The van der Waals surface area contributed by atoms with E-state index in [4.69, 9.17) is 4.74 Å². The molecule has 0 amide bonds. The molecule has 1 N–H and O–H groups in total. The van der Waals surface area contributed by atoms with Crippen molar-refractivity contribution in [2.45, 2.75) is 24.3 Å². The molecule has 0 heterocycles. The van der Waals surface area contributed by atoms with Crippen LogP contribution in [0.15, 0.2) is 23.1 Å². The molecule has 0 saturated carbocycles. The molecule has 1 aromatic rings. The summed E-state index contributed by atoms with van der Waals surface area (Å²) >= 11 is 1.55. The molecule has 2 nitrogen and oxygen atoms in total. The Labute approximate surface area is 99.8 Å². The summed E-state index contributed by atoms with van der Waals surface area (Å²) < 4.78 is 18.4. The third-order valence-electron chi connectivity index (χ3n) is 2.18. The van der Waals surface area contributed by atoms with Crippen LogP contribution in [0.2, 0.25) is 0 Å². The van der Waals surface area contributed by atoms with Gasteiger partial charge in [-0.1, -0.05) is 6.07 Å². The Bertz CT molecular complexity index is 329. The predicted octanol–water partition coefficient (Wildman–Crippen LogP) is 3.01. The number of ether oxygens (including phenoxy) is 1. The smallest absolute Gasteiger partial charge is 0.130 e. The Balaban J connectivity index is 2.67. The standard InChI is InChI=1S/C12H17FO2S/c1-9(14)12-10(13)5-3-6-11(12)16-8-4-7-15-2/h3,5-6,9,14H,4,7-8H2,1-2H3/t9-/m1/s1. The second-order valence-electron chi connectivity index (χ2n) is 3.52. The van der Waals surface area contributed by atoms with Crippen LogP contribution >= 0.6 is 11.8 Å². The van der Waals surface area contributed by atoms with Crippen LogP contribution < -0.4 is 0 Å². The van der Waals surface area contributed by atoms with Gasteiger partial charge in [0.25, 0.3) is 0 Å². The first-order chi connectivity index (χ1) is 7.66. The van der Waals surface area contributed by atoms with Gasteiger partial charge in [-0.3, -0.25) is 0 Å². The Morgan fingerprint density at radius 3 is 2.88 bits per heavy atom. The monoisotopic (exact) mass is 244 g/mol. The number of hydrogen-bond acceptors (Lipinski definition) is 3. The number of methoxy groups -OCH3 is 1. The van der Waals surface area contributed by atoms with Crippen LogP contribution in [0, 0.1) is 5.82 Å². The van der Waals surface area contributed by atoms with Gasteiger partial charge in [-0.25, -0.2) is 4.39 Å². The van der Waals surface area contributed by atoms with Gasteiger partial charge in [0.2, 0.25) is 0 Å².